The number of aryl methyl sites for hydroxylation is 2. The molecule has 0 spiro atoms. The molecule has 14 rings (SSSR count). The van der Waals surface area contributed by atoms with Gasteiger partial charge >= 0.3 is 18.3 Å². The van der Waals surface area contributed by atoms with E-state index in [-0.39, 0.29) is 145 Å². The van der Waals surface area contributed by atoms with Crippen LogP contribution in [0, 0.1) is 48.1 Å². The third-order valence-corrected chi connectivity index (χ3v) is 29.4. The number of aliphatic hydroxyl groups excluding tert-OH is 2. The van der Waals surface area contributed by atoms with Gasteiger partial charge in [-0.25, -0.2) is 23.5 Å². The van der Waals surface area contributed by atoms with Gasteiger partial charge in [0.2, 0.25) is 34.7 Å². The minimum atomic E-state index is -5.04. The number of aliphatic hydroxyl groups is 2. The molecule has 7 amide bonds. The largest absolute Gasteiger partial charge is 0.478 e. The number of piperazine rings is 2. The number of anilines is 4. The van der Waals surface area contributed by atoms with Crippen LogP contribution in [0.5, 0.6) is 0 Å². The second kappa shape index (κ2) is 47.7. The molecule has 0 radical (unpaired) electrons. The van der Waals surface area contributed by atoms with Gasteiger partial charge in [-0.05, 0) is 174 Å². The summed E-state index contributed by atoms with van der Waals surface area (Å²) in [6.45, 7) is 28.0. The van der Waals surface area contributed by atoms with Gasteiger partial charge in [-0.1, -0.05) is 110 Å². The van der Waals surface area contributed by atoms with Crippen molar-refractivity contribution < 1.29 is 98.4 Å². The number of likely N-dealkylation sites (N-methyl/N-ethyl adjacent to an activating group) is 2. The monoisotopic (exact) mass is 2090 g/mol. The second-order valence-electron chi connectivity index (χ2n) is 40.1. The lowest BCUT2D eigenvalue weighted by molar-refractivity contribution is -0.146. The minimum Gasteiger partial charge on any atom is -0.478 e. The quantitative estimate of drug-likeness (QED) is 0.0213. The van der Waals surface area contributed by atoms with E-state index < -0.39 is 158 Å². The Morgan fingerprint density at radius 3 is 1.20 bits per heavy atom. The van der Waals surface area contributed by atoms with Crippen molar-refractivity contribution in [2.45, 2.75) is 203 Å². The highest BCUT2D eigenvalue weighted by molar-refractivity contribution is 7.13. The average molecular weight is 2090 g/mol. The SMILES string of the molecule is C.C[C@@H]1CN(c2ccc(-c3cc(C(=O)O)ccc3F)cc2NC(=O)c2c[nH]c(=O)cc2C(F)(F)F)C[C@H](C)N1C.Cc1ncsc1-c1ccc([C@H](C)NC(=O)[C@@H]2C[C@@H](O)CN2C(=O)[C@@H](CC(=O)CN)C(C)(C)C)cc1.Cc1ncsc1-c1ccc([C@H](C)NC(=O)[C@@H]2C[C@@H](O)CN2C(=O)[C@@H](CC(=O)CNC(=O)c2ccc(F)c(-c3ccc(N4C[C@@H](C)N(C)[C@@H](C)C4)c(NC(=O)c4c[nH]c(=O)cc4C(F)(F)F)c3)c2)C(C)(C)C)cc1. The van der Waals surface area contributed by atoms with Crippen molar-refractivity contribution >= 4 is 104 Å². The van der Waals surface area contributed by atoms with Crippen molar-refractivity contribution in [2.75, 3.05) is 86.9 Å². The molecule has 148 heavy (non-hydrogen) atoms. The molecule has 10 aromatic rings. The maximum atomic E-state index is 15.8. The zero-order valence-electron chi connectivity index (χ0n) is 84.2. The van der Waals surface area contributed by atoms with E-state index in [9.17, 15) is 104 Å². The van der Waals surface area contributed by atoms with Crippen LogP contribution in [0.3, 0.4) is 0 Å². The van der Waals surface area contributed by atoms with Gasteiger partial charge in [0.05, 0.1) is 120 Å². The number of hydrogen-bond acceptors (Lipinski definition) is 23. The lowest BCUT2D eigenvalue weighted by atomic mass is 9.76. The second-order valence-corrected chi connectivity index (χ2v) is 41.8. The van der Waals surface area contributed by atoms with Crippen molar-refractivity contribution in [1.82, 2.24) is 55.5 Å². The van der Waals surface area contributed by atoms with E-state index in [1.807, 2.05) is 154 Å². The number of carboxylic acids is 1. The molecule has 12 atom stereocenters. The fraction of sp³-hybridized carbons (Fsp3) is 0.421. The van der Waals surface area contributed by atoms with Gasteiger partial charge in [-0.15, -0.1) is 22.7 Å². The number of nitrogens with zero attached hydrogens (tertiary/aromatic N) is 8. The number of nitrogens with two attached hydrogens (primary N) is 1. The Morgan fingerprint density at radius 1 is 0.493 bits per heavy atom. The number of nitrogens with one attached hydrogen (secondary N) is 7. The molecule has 6 aromatic carbocycles. The van der Waals surface area contributed by atoms with Gasteiger partial charge in [0.25, 0.3) is 17.7 Å². The first kappa shape index (κ1) is 115. The van der Waals surface area contributed by atoms with Gasteiger partial charge in [-0.2, -0.15) is 26.3 Å². The number of β-amino-alcohol motifs (C(OH)–C–C–N with tert-alkyl or cyclic N) is 2. The highest BCUT2D eigenvalue weighted by atomic mass is 32.1. The number of pyridine rings is 2. The Hall–Kier alpha value is -13.6. The number of ketones is 2. The molecule has 0 saturated carbocycles. The molecule has 4 aliphatic rings. The highest BCUT2D eigenvalue weighted by Crippen LogP contribution is 2.43. The summed E-state index contributed by atoms with van der Waals surface area (Å²) in [7, 11) is 3.94. The highest BCUT2D eigenvalue weighted by Gasteiger charge is 2.48. The van der Waals surface area contributed by atoms with Crippen LogP contribution < -0.4 is 53.2 Å². The van der Waals surface area contributed by atoms with Crippen LogP contribution in [0.1, 0.15) is 203 Å². The first-order chi connectivity index (χ1) is 69.0. The molecule has 792 valence electrons. The van der Waals surface area contributed by atoms with E-state index in [0.717, 1.165) is 67.7 Å². The molecule has 4 fully saturated rings. The molecule has 4 aliphatic heterocycles. The number of rotatable bonds is 27. The molecule has 8 heterocycles. The first-order valence-corrected chi connectivity index (χ1v) is 49.6. The normalized spacial score (nSPS) is 19.0. The molecule has 41 heteroatoms. The van der Waals surface area contributed by atoms with Crippen LogP contribution in [0.2, 0.25) is 0 Å². The number of alkyl halides is 6. The van der Waals surface area contributed by atoms with Crippen LogP contribution in [-0.2, 0) is 41.1 Å². The Kier molecular flexibility index (Phi) is 37.0. The number of likely N-dealkylation sites (tertiary alicyclic amines) is 2. The maximum Gasteiger partial charge on any atom is 0.417 e. The fourth-order valence-electron chi connectivity index (χ4n) is 18.5. The number of Topliss-reactive ketones (excluding diaryl/α,β-unsaturated/α-hetero) is 2. The van der Waals surface area contributed by atoms with Crippen LogP contribution in [0.15, 0.2) is 166 Å². The predicted octanol–water partition coefficient (Wildman–Crippen LogP) is 15.8. The predicted molar refractivity (Wildman–Crippen MR) is 552 cm³/mol. The molecule has 0 unspecified atom stereocenters. The van der Waals surface area contributed by atoms with Gasteiger partial charge in [0.15, 0.2) is 5.78 Å². The summed E-state index contributed by atoms with van der Waals surface area (Å²) in [6, 6.07) is 30.0. The molecule has 31 nitrogen and oxygen atoms in total. The lowest BCUT2D eigenvalue weighted by Gasteiger charge is -2.44. The number of amides is 7. The summed E-state index contributed by atoms with van der Waals surface area (Å²) in [5.74, 6) is -9.66. The number of aromatic carboxylic acids is 1. The fourth-order valence-corrected chi connectivity index (χ4v) is 20.1. The Morgan fingerprint density at radius 2 is 0.851 bits per heavy atom. The average Bonchev–Trinajstić information content (AvgIpc) is 0.819. The number of hydrogen-bond donors (Lipinski definition) is 11. The number of halogens is 8. The number of benzene rings is 6. The summed E-state index contributed by atoms with van der Waals surface area (Å²) in [4.78, 5) is 182. The summed E-state index contributed by atoms with van der Waals surface area (Å²) in [5, 5.41) is 44.0. The standard InChI is InChI=1S/C53H60F4N8O7S.C27H26F4N4O4.C26H36N4O4S.CH4/c1-28-24-64(25-29(2)63(28)8)44-16-14-34(18-43(44)62-49(70)39-23-58-46(68)21-40(39)53(55,56)57)38-17-35(13-15-42(38)54)48(69)59-22-36(66)19-41(52(5,6)7)51(72)65-26-37(67)20-45(65)50(71)61-30(3)32-9-11-33(12-10-32)47-31(4)60-27-73-47;1-14-12-35(13-15(2)34(14)3)23-7-5-16(18-8-17(26(38)39)4-6-21(18)28)9-22(23)33-25(37)19-11-32-24(36)10-20(19)27(29,30)31;1-15(17-6-8-18(9-7-17)23-16(2)28-14-35-23)29-24(33)22-11-20(32)13-30(22)25(34)21(26(3,4)5)10-19(31)12-27;/h9-18,21,23,27-30,37,41,45,67H,19-20,22,24-26H2,1-8H3,(H,58,68)(H,59,69)(H,61,71)(H,62,70);4-11,14-15H,12-13H2,1-3H3,(H,32,36)(H,33,37)(H,38,39);6-9,14-15,20-22,32H,10-13,27H2,1-5H3,(H,29,33);1H4/t28-,29+,30-,37+,41+,45-;14-,15+;15-,20+,21+,22-;/m0.0./s1. The van der Waals surface area contributed by atoms with E-state index in [1.165, 1.54) is 45.4 Å². The summed E-state index contributed by atoms with van der Waals surface area (Å²) in [6.07, 6.45) is -10.5. The van der Waals surface area contributed by atoms with Crippen molar-refractivity contribution in [1.29, 1.82) is 0 Å². The smallest absolute Gasteiger partial charge is 0.417 e. The lowest BCUT2D eigenvalue weighted by Crippen LogP contribution is -2.55. The number of aromatic amines is 2. The zero-order valence-corrected chi connectivity index (χ0v) is 85.8. The number of H-pyrrole nitrogens is 2. The van der Waals surface area contributed by atoms with Crippen molar-refractivity contribution in [3.05, 3.63) is 245 Å². The molecule has 4 saturated heterocycles. The first-order valence-electron chi connectivity index (χ1n) is 47.9. The molecule has 0 bridgehead atoms. The van der Waals surface area contributed by atoms with Crippen molar-refractivity contribution in [3.8, 4) is 43.1 Å². The topological polar surface area (TPSA) is 428 Å². The van der Waals surface area contributed by atoms with Gasteiger partial charge in [0.1, 0.15) is 29.5 Å². The Balaban J connectivity index is 0.000000233. The van der Waals surface area contributed by atoms with Gasteiger partial charge in [-0.3, -0.25) is 62.5 Å². The number of aromatic nitrogens is 4. The van der Waals surface area contributed by atoms with Crippen LogP contribution in [0.25, 0.3) is 43.1 Å². The van der Waals surface area contributed by atoms with Crippen LogP contribution in [-0.4, -0.2) is 229 Å². The van der Waals surface area contributed by atoms with E-state index in [2.05, 4.69) is 56.3 Å². The van der Waals surface area contributed by atoms with Crippen LogP contribution in [0.4, 0.5) is 57.9 Å². The number of carboxylic acid groups (broad SMARTS) is 1. The Bertz CT molecular complexity index is 6660. The molecule has 0 aliphatic carbocycles. The summed E-state index contributed by atoms with van der Waals surface area (Å²) >= 11 is 3.12. The summed E-state index contributed by atoms with van der Waals surface area (Å²) in [5.41, 5.74) is 8.07. The third-order valence-electron chi connectivity index (χ3n) is 27.4. The molecule has 12 N–H and O–H groups in total. The van der Waals surface area contributed by atoms with Crippen molar-refractivity contribution in [3.63, 3.8) is 0 Å². The summed E-state index contributed by atoms with van der Waals surface area (Å²) < 4.78 is 113. The van der Waals surface area contributed by atoms with Crippen LogP contribution >= 0.6 is 22.7 Å². The van der Waals surface area contributed by atoms with Gasteiger partial charge in [0, 0.05) is 142 Å². The molecular formula is C107H126F8N16O15S2. The van der Waals surface area contributed by atoms with E-state index in [0.29, 0.717) is 62.1 Å². The number of thiazole rings is 2. The van der Waals surface area contributed by atoms with E-state index >= 15 is 4.39 Å². The minimum absolute atomic E-state index is 0. The van der Waals surface area contributed by atoms with E-state index in [1.54, 1.807) is 61.9 Å². The zero-order chi connectivity index (χ0) is 108. The molecular weight excluding hydrogens is 1970 g/mol. The maximum absolute atomic E-state index is 15.8. The van der Waals surface area contributed by atoms with Crippen molar-refractivity contribution in [2.24, 2.45) is 28.4 Å². The molecule has 4 aromatic heterocycles. The van der Waals surface area contributed by atoms with Gasteiger partial charge < -0.3 is 77.2 Å². The Labute approximate surface area is 859 Å². The number of carbonyl (C=O) groups is 10. The number of carbonyl (C=O) groups excluding carboxylic acids is 9. The van der Waals surface area contributed by atoms with E-state index in [4.69, 9.17) is 5.73 Å². The third kappa shape index (κ3) is 27.7.